The molecule has 2 atom stereocenters. The number of hydrogen-bond acceptors (Lipinski definition) is 10. The lowest BCUT2D eigenvalue weighted by Crippen LogP contribution is -2.34. The van der Waals surface area contributed by atoms with Gasteiger partial charge in [0, 0.05) is 42.4 Å². The summed E-state index contributed by atoms with van der Waals surface area (Å²) in [6.07, 6.45) is 42.0. The molecule has 6 heterocycles. The van der Waals surface area contributed by atoms with Gasteiger partial charge in [-0.15, -0.1) is 45.3 Å². The van der Waals surface area contributed by atoms with Crippen LogP contribution >= 0.6 is 45.3 Å². The van der Waals surface area contributed by atoms with Gasteiger partial charge in [0.25, 0.3) is 11.8 Å². The van der Waals surface area contributed by atoms with Crippen LogP contribution in [0.4, 0.5) is 0 Å². The van der Waals surface area contributed by atoms with E-state index in [9.17, 15) is 21.0 Å². The molecule has 438 valence electrons. The van der Waals surface area contributed by atoms with E-state index in [1.807, 2.05) is 58.3 Å². The normalized spacial score (nSPS) is 13.8. The minimum absolute atomic E-state index is 0.0567. The third kappa shape index (κ3) is 19.9. The van der Waals surface area contributed by atoms with Gasteiger partial charge in [0.15, 0.2) is 0 Å². The fraction of sp³-hybridized carbons (Fsp3) is 0.571. The summed E-state index contributed by atoms with van der Waals surface area (Å²) < 4.78 is 0. The molecule has 0 fully saturated rings. The first-order chi connectivity index (χ1) is 40.2. The average molecular weight is 1180 g/mol. The number of hydrogen-bond donors (Lipinski definition) is 0. The van der Waals surface area contributed by atoms with E-state index in [0.29, 0.717) is 24.2 Å². The summed E-state index contributed by atoms with van der Waals surface area (Å²) in [4.78, 5) is 43.7. The molecule has 2 unspecified atom stereocenters. The highest BCUT2D eigenvalue weighted by molar-refractivity contribution is 7.23. The van der Waals surface area contributed by atoms with E-state index in [1.165, 1.54) is 177 Å². The first kappa shape index (κ1) is 65.8. The minimum atomic E-state index is -0.0756. The Labute approximate surface area is 510 Å². The predicted molar refractivity (Wildman–Crippen MR) is 348 cm³/mol. The molecule has 82 heavy (non-hydrogen) atoms. The van der Waals surface area contributed by atoms with Crippen LogP contribution in [0.15, 0.2) is 70.8 Å². The van der Waals surface area contributed by atoms with Crippen LogP contribution in [0.5, 0.6) is 0 Å². The lowest BCUT2D eigenvalue weighted by molar-refractivity contribution is -0.124. The number of amides is 2. The Bertz CT molecular complexity index is 2700. The molecule has 2 amide bonds. The Morgan fingerprint density at radius 1 is 0.378 bits per heavy atom. The van der Waals surface area contributed by atoms with Gasteiger partial charge in [-0.25, -0.2) is 0 Å². The highest BCUT2D eigenvalue weighted by Crippen LogP contribution is 2.51. The fourth-order valence-corrected chi connectivity index (χ4v) is 16.0. The van der Waals surface area contributed by atoms with Crippen molar-refractivity contribution < 1.29 is 9.59 Å². The van der Waals surface area contributed by atoms with E-state index in [1.54, 1.807) is 34.8 Å². The highest BCUT2D eigenvalue weighted by atomic mass is 32.1. The topological polar surface area (TPSA) is 136 Å². The molecule has 0 saturated heterocycles. The summed E-state index contributed by atoms with van der Waals surface area (Å²) in [7, 11) is 0. The van der Waals surface area contributed by atoms with E-state index in [-0.39, 0.29) is 34.8 Å². The van der Waals surface area contributed by atoms with E-state index >= 15 is 9.59 Å². The van der Waals surface area contributed by atoms with Crippen molar-refractivity contribution in [3.63, 3.8) is 0 Å². The maximum Gasteiger partial charge on any atom is 0.261 e. The molecule has 2 aliphatic heterocycles. The molecular formula is C70H92N6O2S4. The zero-order chi connectivity index (χ0) is 58.3. The second-order valence-electron chi connectivity index (χ2n) is 22.9. The van der Waals surface area contributed by atoms with Crippen molar-refractivity contribution in [2.45, 2.75) is 233 Å². The highest BCUT2D eigenvalue weighted by Gasteiger charge is 2.50. The van der Waals surface area contributed by atoms with E-state index in [2.05, 4.69) is 52.0 Å². The molecule has 0 spiro atoms. The molecule has 0 bridgehead atoms. The van der Waals surface area contributed by atoms with Crippen LogP contribution in [0.3, 0.4) is 0 Å². The maximum atomic E-state index is 16.1. The SMILES string of the molecule is CCCCCCCCCCC(CCCCCCCC)CN1C(=O)C2=C(c3ccc(-c4ccc(C=C(C#N)C#N)s4)s3)N(CC(CCCCCCCC)CCCCCCCCCC)C(=O)C2=C1c1ccc(-c2ccc(C=C(C#N)C#N)s2)s1. The van der Waals surface area contributed by atoms with Gasteiger partial charge in [-0.3, -0.25) is 9.59 Å². The molecule has 12 heteroatoms. The van der Waals surface area contributed by atoms with Crippen LogP contribution in [0.1, 0.15) is 253 Å². The monoisotopic (exact) mass is 1180 g/mol. The Morgan fingerprint density at radius 3 is 0.927 bits per heavy atom. The second-order valence-corrected chi connectivity index (χ2v) is 27.3. The number of unbranched alkanes of at least 4 members (excludes halogenated alkanes) is 24. The number of allylic oxidation sites excluding steroid dienone is 2. The van der Waals surface area contributed by atoms with E-state index in [0.717, 1.165) is 102 Å². The van der Waals surface area contributed by atoms with Crippen LogP contribution in [0.25, 0.3) is 43.1 Å². The number of nitriles is 4. The molecule has 2 aliphatic rings. The van der Waals surface area contributed by atoms with Crippen molar-refractivity contribution >= 4 is 80.7 Å². The zero-order valence-corrected chi connectivity index (χ0v) is 53.4. The Balaban J connectivity index is 1.45. The van der Waals surface area contributed by atoms with Crippen LogP contribution in [0.2, 0.25) is 0 Å². The van der Waals surface area contributed by atoms with Gasteiger partial charge in [-0.2, -0.15) is 21.0 Å². The summed E-state index contributed by atoms with van der Waals surface area (Å²) in [6.45, 7) is 10.2. The van der Waals surface area contributed by atoms with Crippen molar-refractivity contribution in [3.8, 4) is 43.8 Å². The molecule has 0 N–H and O–H groups in total. The summed E-state index contributed by atoms with van der Waals surface area (Å²) >= 11 is 6.27. The first-order valence-corrected chi connectivity index (χ1v) is 35.1. The van der Waals surface area contributed by atoms with Crippen molar-refractivity contribution in [1.82, 2.24) is 9.80 Å². The second kappa shape index (κ2) is 37.1. The van der Waals surface area contributed by atoms with Gasteiger partial charge >= 0.3 is 0 Å². The number of rotatable bonds is 42. The van der Waals surface area contributed by atoms with E-state index in [4.69, 9.17) is 0 Å². The van der Waals surface area contributed by atoms with Gasteiger partial charge in [0.1, 0.15) is 35.4 Å². The van der Waals surface area contributed by atoms with Gasteiger partial charge in [-0.05, 0) is 98.2 Å². The van der Waals surface area contributed by atoms with Gasteiger partial charge < -0.3 is 9.80 Å². The molecule has 0 saturated carbocycles. The summed E-state index contributed by atoms with van der Waals surface area (Å²) in [6, 6.07) is 24.3. The Morgan fingerprint density at radius 2 is 0.634 bits per heavy atom. The summed E-state index contributed by atoms with van der Waals surface area (Å²) in [5, 5.41) is 38.1. The number of carbonyl (C=O) groups is 2. The number of thiophene rings is 4. The maximum absolute atomic E-state index is 16.1. The third-order valence-corrected chi connectivity index (χ3v) is 21.0. The third-order valence-electron chi connectivity index (χ3n) is 16.4. The molecular weight excluding hydrogens is 1090 g/mol. The Kier molecular flexibility index (Phi) is 29.8. The molecule has 0 radical (unpaired) electrons. The molecule has 4 aromatic rings. The first-order valence-electron chi connectivity index (χ1n) is 31.8. The molecule has 4 aromatic heterocycles. The molecule has 0 aliphatic carbocycles. The summed E-state index contributed by atoms with van der Waals surface area (Å²) in [5.74, 6) is 0.417. The molecule has 0 aromatic carbocycles. The summed E-state index contributed by atoms with van der Waals surface area (Å²) in [5.41, 5.74) is 2.66. The molecule has 6 rings (SSSR count). The lowest BCUT2D eigenvalue weighted by atomic mass is 9.93. The van der Waals surface area contributed by atoms with Crippen molar-refractivity contribution in [1.29, 1.82) is 21.0 Å². The average Bonchev–Trinajstić information content (AvgIpc) is 2.18. The van der Waals surface area contributed by atoms with Gasteiger partial charge in [0.2, 0.25) is 0 Å². The van der Waals surface area contributed by atoms with Crippen LogP contribution < -0.4 is 0 Å². The standard InChI is InChI=1S/C70H92N6O2S4/c1-5-9-13-17-21-23-27-31-35-53(33-29-25-19-15-11-7-3)51-75-67(63-43-41-61(81-63)59-39-37-57(79-59)45-55(47-71)48-72)65-66(69(75)77)68(64-44-42-62(82-64)60-40-38-58(80-60)46-56(49-73)50-74)76(70(65)78)52-54(34-30-26-20-16-12-8-4)36-32-28-24-22-18-14-10-6-2/h37-46,53-54H,5-36,51-52H2,1-4H3. The van der Waals surface area contributed by atoms with Crippen molar-refractivity contribution in [3.05, 3.63) is 90.3 Å². The van der Waals surface area contributed by atoms with E-state index < -0.39 is 0 Å². The van der Waals surface area contributed by atoms with Crippen LogP contribution in [-0.4, -0.2) is 34.7 Å². The smallest absolute Gasteiger partial charge is 0.261 e. The van der Waals surface area contributed by atoms with Gasteiger partial charge in [-0.1, -0.05) is 207 Å². The molecule has 8 nitrogen and oxygen atoms in total. The fourth-order valence-electron chi connectivity index (χ4n) is 11.8. The predicted octanol–water partition coefficient (Wildman–Crippen LogP) is 21.7. The quantitative estimate of drug-likeness (QED) is 0.0320. The number of nitrogens with zero attached hydrogens (tertiary/aromatic N) is 6. The van der Waals surface area contributed by atoms with Crippen LogP contribution in [0, 0.1) is 57.2 Å². The number of fused-ring (bicyclic) bond motifs is 1. The van der Waals surface area contributed by atoms with Crippen LogP contribution in [-0.2, 0) is 9.59 Å². The number of carbonyl (C=O) groups excluding carboxylic acids is 2. The zero-order valence-electron chi connectivity index (χ0n) is 50.1. The lowest BCUT2D eigenvalue weighted by Gasteiger charge is -2.29. The Hall–Kier alpha value is -5.34. The van der Waals surface area contributed by atoms with Crippen molar-refractivity contribution in [2.24, 2.45) is 11.8 Å². The van der Waals surface area contributed by atoms with Gasteiger partial charge in [0.05, 0.1) is 32.3 Å². The minimum Gasteiger partial charge on any atom is -0.306 e. The van der Waals surface area contributed by atoms with Crippen molar-refractivity contribution in [2.75, 3.05) is 13.1 Å². The largest absolute Gasteiger partial charge is 0.306 e.